The number of rotatable bonds is 5. The van der Waals surface area contributed by atoms with Gasteiger partial charge in [-0.25, -0.2) is 9.59 Å². The maximum atomic E-state index is 12.1. The van der Waals surface area contributed by atoms with E-state index in [0.29, 0.717) is 4.90 Å². The molecule has 0 radical (unpaired) electrons. The summed E-state index contributed by atoms with van der Waals surface area (Å²) in [6.45, 7) is -0.418. The van der Waals surface area contributed by atoms with Gasteiger partial charge in [0.25, 0.3) is 15.8 Å². The maximum absolute atomic E-state index is 12.1. The van der Waals surface area contributed by atoms with E-state index >= 15 is 0 Å². The lowest BCUT2D eigenvalue weighted by molar-refractivity contribution is -0.384. The molecule has 0 saturated carbocycles. The van der Waals surface area contributed by atoms with Crippen LogP contribution < -0.4 is 0 Å². The molecule has 1 amide bonds. The van der Waals surface area contributed by atoms with Crippen LogP contribution in [-0.4, -0.2) is 59.2 Å². The Morgan fingerprint density at radius 1 is 1.25 bits per heavy atom. The molecule has 2 rings (SSSR count). The van der Waals surface area contributed by atoms with Gasteiger partial charge in [-0.3, -0.25) is 19.2 Å². The SMILES string of the molecule is O=C(O)[C@H]1C[C@@H](OS(=O)(=O)c2ccc([N+](=O)[O-])cc2)CN1C(=O)O. The molecule has 0 unspecified atom stereocenters. The van der Waals surface area contributed by atoms with Crippen molar-refractivity contribution >= 4 is 27.9 Å². The van der Waals surface area contributed by atoms with E-state index in [-0.39, 0.29) is 17.0 Å². The number of non-ortho nitro benzene ring substituents is 1. The van der Waals surface area contributed by atoms with Crippen LogP contribution in [0.15, 0.2) is 29.2 Å². The van der Waals surface area contributed by atoms with Gasteiger partial charge in [0.2, 0.25) is 0 Å². The van der Waals surface area contributed by atoms with Crippen molar-refractivity contribution in [3.8, 4) is 0 Å². The fourth-order valence-electron chi connectivity index (χ4n) is 2.28. The van der Waals surface area contributed by atoms with Crippen LogP contribution in [-0.2, 0) is 19.1 Å². The second-order valence-electron chi connectivity index (χ2n) is 4.95. The first-order valence-corrected chi connectivity index (χ1v) is 7.93. The first-order valence-electron chi connectivity index (χ1n) is 6.52. The third-order valence-electron chi connectivity index (χ3n) is 3.39. The van der Waals surface area contributed by atoms with Crippen LogP contribution in [0.2, 0.25) is 0 Å². The van der Waals surface area contributed by atoms with Crippen molar-refractivity contribution in [3.05, 3.63) is 34.4 Å². The highest BCUT2D eigenvalue weighted by atomic mass is 32.2. The summed E-state index contributed by atoms with van der Waals surface area (Å²) in [7, 11) is -4.32. The molecular formula is C12H12N2O9S. The first-order chi connectivity index (χ1) is 11.1. The number of nitro groups is 1. The predicted octanol–water partition coefficient (Wildman–Crippen LogP) is 0.506. The Morgan fingerprint density at radius 3 is 2.25 bits per heavy atom. The van der Waals surface area contributed by atoms with Gasteiger partial charge in [0.05, 0.1) is 22.5 Å². The van der Waals surface area contributed by atoms with Crippen LogP contribution >= 0.6 is 0 Å². The molecule has 12 heteroatoms. The molecule has 2 N–H and O–H groups in total. The lowest BCUT2D eigenvalue weighted by Gasteiger charge is -2.16. The van der Waals surface area contributed by atoms with Crippen molar-refractivity contribution < 1.29 is 37.3 Å². The Labute approximate surface area is 135 Å². The molecule has 0 spiro atoms. The number of hydrogen-bond acceptors (Lipinski definition) is 7. The number of carboxylic acid groups (broad SMARTS) is 2. The zero-order valence-corrected chi connectivity index (χ0v) is 12.7. The van der Waals surface area contributed by atoms with Crippen LogP contribution in [0.3, 0.4) is 0 Å². The van der Waals surface area contributed by atoms with Crippen molar-refractivity contribution in [2.45, 2.75) is 23.5 Å². The molecular weight excluding hydrogens is 348 g/mol. The highest BCUT2D eigenvalue weighted by Gasteiger charge is 2.42. The standard InChI is InChI=1S/C12H12N2O9S/c15-11(16)10-5-8(6-13(10)12(17)18)23-24(21,22)9-3-1-7(2-4-9)14(19)20/h1-4,8,10H,5-6H2,(H,15,16)(H,17,18)/t8-,10-/m1/s1. The van der Waals surface area contributed by atoms with E-state index in [9.17, 15) is 28.1 Å². The van der Waals surface area contributed by atoms with E-state index in [1.54, 1.807) is 0 Å². The van der Waals surface area contributed by atoms with Crippen LogP contribution in [0, 0.1) is 10.1 Å². The van der Waals surface area contributed by atoms with Crippen LogP contribution in [0.4, 0.5) is 10.5 Å². The lowest BCUT2D eigenvalue weighted by atomic mass is 10.2. The molecule has 1 aliphatic rings. The molecule has 130 valence electrons. The number of hydrogen-bond donors (Lipinski definition) is 2. The smallest absolute Gasteiger partial charge is 0.408 e. The average molecular weight is 360 g/mol. The van der Waals surface area contributed by atoms with Crippen LogP contribution in [0.25, 0.3) is 0 Å². The summed E-state index contributed by atoms with van der Waals surface area (Å²) in [5.74, 6) is -1.41. The minimum atomic E-state index is -4.32. The van der Waals surface area contributed by atoms with Crippen molar-refractivity contribution in [2.75, 3.05) is 6.54 Å². The molecule has 1 aromatic carbocycles. The molecule has 11 nitrogen and oxygen atoms in total. The summed E-state index contributed by atoms with van der Waals surface area (Å²) in [5.41, 5.74) is -0.308. The van der Waals surface area contributed by atoms with Crippen molar-refractivity contribution in [1.82, 2.24) is 4.90 Å². The summed E-state index contributed by atoms with van der Waals surface area (Å²) < 4.78 is 29.1. The second-order valence-corrected chi connectivity index (χ2v) is 6.52. The van der Waals surface area contributed by atoms with Gasteiger partial charge in [0, 0.05) is 18.6 Å². The van der Waals surface area contributed by atoms with E-state index in [1.165, 1.54) is 0 Å². The van der Waals surface area contributed by atoms with Gasteiger partial charge in [-0.2, -0.15) is 8.42 Å². The number of benzene rings is 1. The summed E-state index contributed by atoms with van der Waals surface area (Å²) >= 11 is 0. The van der Waals surface area contributed by atoms with Crippen LogP contribution in [0.5, 0.6) is 0 Å². The number of nitro benzene ring substituents is 1. The zero-order valence-electron chi connectivity index (χ0n) is 11.9. The van der Waals surface area contributed by atoms with Gasteiger partial charge < -0.3 is 10.2 Å². The fourth-order valence-corrected chi connectivity index (χ4v) is 3.36. The van der Waals surface area contributed by atoms with Gasteiger partial charge in [-0.05, 0) is 12.1 Å². The molecule has 2 atom stereocenters. The fraction of sp³-hybridized carbons (Fsp3) is 0.333. The number of likely N-dealkylation sites (tertiary alicyclic amines) is 1. The first kappa shape index (κ1) is 17.6. The van der Waals surface area contributed by atoms with Crippen LogP contribution in [0.1, 0.15) is 6.42 Å². The maximum Gasteiger partial charge on any atom is 0.408 e. The lowest BCUT2D eigenvalue weighted by Crippen LogP contribution is -2.39. The number of carbonyl (C=O) groups is 2. The molecule has 0 bridgehead atoms. The Hall–Kier alpha value is -2.73. The van der Waals surface area contributed by atoms with Gasteiger partial charge in [-0.1, -0.05) is 0 Å². The van der Waals surface area contributed by atoms with E-state index in [2.05, 4.69) is 0 Å². The molecule has 0 aliphatic carbocycles. The van der Waals surface area contributed by atoms with Crippen molar-refractivity contribution in [3.63, 3.8) is 0 Å². The minimum absolute atomic E-state index is 0.308. The molecule has 1 fully saturated rings. The monoisotopic (exact) mass is 360 g/mol. The number of aliphatic carboxylic acids is 1. The van der Waals surface area contributed by atoms with Gasteiger partial charge in [0.15, 0.2) is 0 Å². The molecule has 1 aliphatic heterocycles. The molecule has 1 aromatic rings. The minimum Gasteiger partial charge on any atom is -0.480 e. The summed E-state index contributed by atoms with van der Waals surface area (Å²) in [5, 5.41) is 28.5. The van der Waals surface area contributed by atoms with Crippen molar-refractivity contribution in [2.24, 2.45) is 0 Å². The molecule has 24 heavy (non-hydrogen) atoms. The van der Waals surface area contributed by atoms with E-state index < -0.39 is 45.8 Å². The number of nitrogens with zero attached hydrogens (tertiary/aromatic N) is 2. The topological polar surface area (TPSA) is 164 Å². The van der Waals surface area contributed by atoms with E-state index in [4.69, 9.17) is 14.4 Å². The van der Waals surface area contributed by atoms with E-state index in [1.807, 2.05) is 0 Å². The third kappa shape index (κ3) is 3.60. The van der Waals surface area contributed by atoms with Gasteiger partial charge in [0.1, 0.15) is 6.04 Å². The van der Waals surface area contributed by atoms with Crippen molar-refractivity contribution in [1.29, 1.82) is 0 Å². The Bertz CT molecular complexity index is 752. The Morgan fingerprint density at radius 2 is 1.83 bits per heavy atom. The van der Waals surface area contributed by atoms with Gasteiger partial charge >= 0.3 is 12.1 Å². The normalized spacial score (nSPS) is 20.8. The predicted molar refractivity (Wildman–Crippen MR) is 75.9 cm³/mol. The average Bonchev–Trinajstić information content (AvgIpc) is 2.91. The Balaban J connectivity index is 2.16. The molecule has 1 heterocycles. The third-order valence-corrected chi connectivity index (χ3v) is 4.77. The van der Waals surface area contributed by atoms with E-state index in [0.717, 1.165) is 24.3 Å². The summed E-state index contributed by atoms with van der Waals surface area (Å²) in [4.78, 5) is 32.1. The quantitative estimate of drug-likeness (QED) is 0.432. The summed E-state index contributed by atoms with van der Waals surface area (Å²) in [6, 6.07) is 2.51. The highest BCUT2D eigenvalue weighted by molar-refractivity contribution is 7.86. The summed E-state index contributed by atoms with van der Waals surface area (Å²) in [6.07, 6.45) is -2.99. The molecule has 0 aromatic heterocycles. The van der Waals surface area contributed by atoms with Gasteiger partial charge in [-0.15, -0.1) is 0 Å². The highest BCUT2D eigenvalue weighted by Crippen LogP contribution is 2.25. The number of carboxylic acids is 1. The molecule has 1 saturated heterocycles. The zero-order chi connectivity index (χ0) is 18.1. The Kier molecular flexibility index (Phi) is 4.71. The number of amides is 1. The largest absolute Gasteiger partial charge is 0.480 e. The second kappa shape index (κ2) is 6.41.